The molecule has 122 valence electrons. The van der Waals surface area contributed by atoms with E-state index in [0.717, 1.165) is 22.3 Å². The van der Waals surface area contributed by atoms with Crippen LogP contribution >= 0.6 is 0 Å². The summed E-state index contributed by atoms with van der Waals surface area (Å²) < 4.78 is 0. The van der Waals surface area contributed by atoms with Gasteiger partial charge in [-0.25, -0.2) is 0 Å². The van der Waals surface area contributed by atoms with Crippen LogP contribution in [-0.4, -0.2) is 5.11 Å². The van der Waals surface area contributed by atoms with Crippen molar-refractivity contribution < 1.29 is 5.11 Å². The number of phenols is 1. The van der Waals surface area contributed by atoms with Crippen molar-refractivity contribution in [2.75, 3.05) is 0 Å². The maximum Gasteiger partial charge on any atom is 0.115 e. The number of nitroso groups, excluding NO2 is 1. The molecule has 3 heteroatoms. The minimum atomic E-state index is -0.184. The molecule has 0 fully saturated rings. The molecule has 2 aromatic carbocycles. The Kier molecular flexibility index (Phi) is 4.34. The minimum Gasteiger partial charge on any atom is -0.508 e. The van der Waals surface area contributed by atoms with E-state index in [1.54, 1.807) is 12.1 Å². The monoisotopic (exact) mass is 311 g/mol. The minimum absolute atomic E-state index is 0.184. The zero-order valence-corrected chi connectivity index (χ0v) is 14.8. The van der Waals surface area contributed by atoms with E-state index in [2.05, 4.69) is 46.7 Å². The van der Waals surface area contributed by atoms with Crippen molar-refractivity contribution in [3.05, 3.63) is 52.4 Å². The fourth-order valence-electron chi connectivity index (χ4n) is 2.70. The Balaban J connectivity index is 2.80. The molecule has 1 N–H and O–H groups in total. The lowest BCUT2D eigenvalue weighted by Crippen LogP contribution is -2.17. The number of benzene rings is 2. The number of phenolic OH excluding ortho intramolecular Hbond substituents is 1. The van der Waals surface area contributed by atoms with Crippen LogP contribution in [0.1, 0.15) is 52.7 Å². The zero-order valence-electron chi connectivity index (χ0n) is 14.8. The first-order chi connectivity index (χ1) is 10.5. The van der Waals surface area contributed by atoms with Gasteiger partial charge in [0.1, 0.15) is 11.4 Å². The van der Waals surface area contributed by atoms with Crippen LogP contribution in [0.15, 0.2) is 41.6 Å². The van der Waals surface area contributed by atoms with Crippen LogP contribution in [0.4, 0.5) is 5.69 Å². The lowest BCUT2D eigenvalue weighted by molar-refractivity contribution is 0.475. The molecule has 0 unspecified atom stereocenters. The van der Waals surface area contributed by atoms with Gasteiger partial charge in [0, 0.05) is 0 Å². The van der Waals surface area contributed by atoms with Crippen molar-refractivity contribution in [1.29, 1.82) is 0 Å². The quantitative estimate of drug-likeness (QED) is 0.686. The van der Waals surface area contributed by atoms with Crippen molar-refractivity contribution in [2.24, 2.45) is 5.18 Å². The fraction of sp³-hybridized carbons (Fsp3) is 0.400. The van der Waals surface area contributed by atoms with Gasteiger partial charge in [0.2, 0.25) is 0 Å². The molecule has 2 rings (SSSR count). The second-order valence-electron chi connectivity index (χ2n) is 8.06. The Morgan fingerprint density at radius 3 is 1.57 bits per heavy atom. The summed E-state index contributed by atoms with van der Waals surface area (Å²) in [6.07, 6.45) is 0. The molecule has 0 radical (unpaired) electrons. The second kappa shape index (κ2) is 5.80. The van der Waals surface area contributed by atoms with Gasteiger partial charge in [0.15, 0.2) is 0 Å². The summed E-state index contributed by atoms with van der Waals surface area (Å²) in [6.45, 7) is 12.5. The number of hydrogen-bond donors (Lipinski definition) is 1. The summed E-state index contributed by atoms with van der Waals surface area (Å²) in [5, 5.41) is 12.9. The molecular weight excluding hydrogens is 286 g/mol. The van der Waals surface area contributed by atoms with Crippen molar-refractivity contribution in [1.82, 2.24) is 0 Å². The molecule has 0 saturated heterocycles. The topological polar surface area (TPSA) is 49.7 Å². The number of aromatic hydroxyl groups is 1. The Morgan fingerprint density at radius 1 is 0.783 bits per heavy atom. The Labute approximate surface area is 138 Å². The first kappa shape index (κ1) is 17.2. The van der Waals surface area contributed by atoms with Gasteiger partial charge in [0.25, 0.3) is 0 Å². The third kappa shape index (κ3) is 3.61. The molecule has 23 heavy (non-hydrogen) atoms. The predicted molar refractivity (Wildman–Crippen MR) is 96.4 cm³/mol. The van der Waals surface area contributed by atoms with Crippen LogP contribution in [0, 0.1) is 4.91 Å². The second-order valence-corrected chi connectivity index (χ2v) is 8.06. The van der Waals surface area contributed by atoms with Gasteiger partial charge in [0.05, 0.1) is 0 Å². The Morgan fingerprint density at radius 2 is 1.22 bits per heavy atom. The van der Waals surface area contributed by atoms with Gasteiger partial charge in [-0.15, -0.1) is 4.91 Å². The van der Waals surface area contributed by atoms with E-state index in [-0.39, 0.29) is 16.6 Å². The lowest BCUT2D eigenvalue weighted by Gasteiger charge is -2.28. The normalized spacial score (nSPS) is 12.3. The number of rotatable bonds is 2. The summed E-state index contributed by atoms with van der Waals surface area (Å²) in [5.74, 6) is 0.243. The van der Waals surface area contributed by atoms with Gasteiger partial charge in [-0.2, -0.15) is 0 Å². The molecule has 0 aliphatic rings. The average molecular weight is 311 g/mol. The van der Waals surface area contributed by atoms with Crippen LogP contribution in [-0.2, 0) is 10.8 Å². The maximum absolute atomic E-state index is 11.6. The summed E-state index contributed by atoms with van der Waals surface area (Å²) in [4.78, 5) is 11.6. The molecule has 0 heterocycles. The standard InChI is InChI=1S/C20H25NO2/c1-19(2,3)16-11-14(13-7-9-15(22)10-8-13)12-17(18(16)21-23)20(4,5)6/h7-12,22H,1-6H3. The molecule has 0 spiro atoms. The molecule has 2 aromatic rings. The van der Waals surface area contributed by atoms with Gasteiger partial charge in [-0.1, -0.05) is 53.7 Å². The average Bonchev–Trinajstić information content (AvgIpc) is 2.44. The molecule has 0 atom stereocenters. The SMILES string of the molecule is CC(C)(C)c1cc(-c2ccc(O)cc2)cc(C(C)(C)C)c1N=O. The van der Waals surface area contributed by atoms with Crippen LogP contribution in [0.3, 0.4) is 0 Å². The molecule has 0 saturated carbocycles. The van der Waals surface area contributed by atoms with Gasteiger partial charge < -0.3 is 5.11 Å². The highest BCUT2D eigenvalue weighted by atomic mass is 16.3. The molecule has 0 bridgehead atoms. The molecule has 0 amide bonds. The summed E-state index contributed by atoms with van der Waals surface area (Å²) in [5.41, 5.74) is 4.12. The highest BCUT2D eigenvalue weighted by Gasteiger charge is 2.27. The number of hydrogen-bond acceptors (Lipinski definition) is 3. The molecular formula is C20H25NO2. The lowest BCUT2D eigenvalue weighted by atomic mass is 9.77. The van der Waals surface area contributed by atoms with Crippen molar-refractivity contribution in [3.63, 3.8) is 0 Å². The van der Waals surface area contributed by atoms with E-state index in [1.165, 1.54) is 0 Å². The molecule has 0 aliphatic heterocycles. The van der Waals surface area contributed by atoms with E-state index in [1.807, 2.05) is 24.3 Å². The Hall–Kier alpha value is -2.16. The van der Waals surface area contributed by atoms with Crippen LogP contribution in [0.25, 0.3) is 11.1 Å². The fourth-order valence-corrected chi connectivity index (χ4v) is 2.70. The first-order valence-corrected chi connectivity index (χ1v) is 7.86. The summed E-state index contributed by atoms with van der Waals surface area (Å²) in [6, 6.07) is 11.2. The van der Waals surface area contributed by atoms with Gasteiger partial charge >= 0.3 is 0 Å². The van der Waals surface area contributed by atoms with E-state index < -0.39 is 0 Å². The van der Waals surface area contributed by atoms with Crippen molar-refractivity contribution >= 4 is 5.69 Å². The molecule has 0 aromatic heterocycles. The predicted octanol–water partition coefficient (Wildman–Crippen LogP) is 6.05. The van der Waals surface area contributed by atoms with Crippen molar-refractivity contribution in [3.8, 4) is 16.9 Å². The highest BCUT2D eigenvalue weighted by molar-refractivity contribution is 5.72. The van der Waals surface area contributed by atoms with Gasteiger partial charge in [-0.05, 0) is 62.5 Å². The smallest absolute Gasteiger partial charge is 0.115 e. The highest BCUT2D eigenvalue weighted by Crippen LogP contribution is 2.42. The van der Waals surface area contributed by atoms with Crippen LogP contribution < -0.4 is 0 Å². The van der Waals surface area contributed by atoms with Crippen LogP contribution in [0.2, 0.25) is 0 Å². The first-order valence-electron chi connectivity index (χ1n) is 7.86. The maximum atomic E-state index is 11.6. The van der Waals surface area contributed by atoms with E-state index in [4.69, 9.17) is 0 Å². The van der Waals surface area contributed by atoms with E-state index in [0.29, 0.717) is 5.69 Å². The van der Waals surface area contributed by atoms with E-state index in [9.17, 15) is 10.0 Å². The summed E-state index contributed by atoms with van der Waals surface area (Å²) >= 11 is 0. The third-order valence-electron chi connectivity index (χ3n) is 4.02. The molecule has 3 nitrogen and oxygen atoms in total. The number of nitrogens with zero attached hydrogens (tertiary/aromatic N) is 1. The molecule has 0 aliphatic carbocycles. The summed E-state index contributed by atoms with van der Waals surface area (Å²) in [7, 11) is 0. The zero-order chi connectivity index (χ0) is 17.4. The third-order valence-corrected chi connectivity index (χ3v) is 4.02. The van der Waals surface area contributed by atoms with E-state index >= 15 is 0 Å². The largest absolute Gasteiger partial charge is 0.508 e. The van der Waals surface area contributed by atoms with Crippen molar-refractivity contribution in [2.45, 2.75) is 52.4 Å². The van der Waals surface area contributed by atoms with Gasteiger partial charge in [-0.3, -0.25) is 0 Å². The Bertz CT molecular complexity index is 682. The van der Waals surface area contributed by atoms with Crippen LogP contribution in [0.5, 0.6) is 5.75 Å².